The highest BCUT2D eigenvalue weighted by Gasteiger charge is 2.29. The van der Waals surface area contributed by atoms with E-state index in [-0.39, 0.29) is 22.2 Å². The Labute approximate surface area is 122 Å². The van der Waals surface area contributed by atoms with Gasteiger partial charge in [-0.2, -0.15) is 0 Å². The van der Waals surface area contributed by atoms with E-state index in [9.17, 15) is 20.0 Å². The molecular formula is C11H9N5O4S. The number of aromatic nitrogens is 4. The summed E-state index contributed by atoms with van der Waals surface area (Å²) < 4.78 is 1.62. The van der Waals surface area contributed by atoms with Crippen molar-refractivity contribution < 1.29 is 14.8 Å². The van der Waals surface area contributed by atoms with Crippen LogP contribution in [0.4, 0.5) is 5.69 Å². The highest BCUT2D eigenvalue weighted by Crippen LogP contribution is 2.39. The van der Waals surface area contributed by atoms with Gasteiger partial charge >= 0.3 is 5.97 Å². The molecule has 3 rings (SSSR count). The van der Waals surface area contributed by atoms with Crippen LogP contribution >= 0.6 is 11.8 Å². The largest absolute Gasteiger partial charge is 0.478 e. The average Bonchev–Trinajstić information content (AvgIpc) is 3.19. The molecule has 1 aromatic carbocycles. The maximum atomic E-state index is 11.2. The number of carboxylic acid groups (broad SMARTS) is 1. The van der Waals surface area contributed by atoms with Crippen LogP contribution in [0, 0.1) is 10.1 Å². The molecule has 1 saturated carbocycles. The lowest BCUT2D eigenvalue weighted by atomic mass is 10.2. The van der Waals surface area contributed by atoms with E-state index in [1.54, 1.807) is 4.68 Å². The van der Waals surface area contributed by atoms with Gasteiger partial charge in [-0.05, 0) is 41.1 Å². The summed E-state index contributed by atoms with van der Waals surface area (Å²) in [6.07, 6.45) is 1.94. The summed E-state index contributed by atoms with van der Waals surface area (Å²) in [6, 6.07) is 3.83. The molecule has 0 unspecified atom stereocenters. The van der Waals surface area contributed by atoms with Gasteiger partial charge in [0.1, 0.15) is 0 Å². The van der Waals surface area contributed by atoms with Crippen LogP contribution in [0.3, 0.4) is 0 Å². The van der Waals surface area contributed by atoms with Crippen molar-refractivity contribution in [1.29, 1.82) is 0 Å². The van der Waals surface area contributed by atoms with Crippen LogP contribution in [0.5, 0.6) is 0 Å². The molecular weight excluding hydrogens is 298 g/mol. The molecule has 9 nitrogen and oxygen atoms in total. The molecule has 0 spiro atoms. The summed E-state index contributed by atoms with van der Waals surface area (Å²) >= 11 is 1.02. The second-order valence-corrected chi connectivity index (χ2v) is 5.49. The van der Waals surface area contributed by atoms with Gasteiger partial charge in [-0.15, -0.1) is 5.10 Å². The van der Waals surface area contributed by atoms with Crippen LogP contribution < -0.4 is 0 Å². The quantitative estimate of drug-likeness (QED) is 0.654. The Bertz CT molecular complexity index is 727. The standard InChI is InChI=1S/C11H9N5O4S/c17-10(18)8-4-3-7(16(19)20)5-9(8)21-11-12-13-14-15(11)6-1-2-6/h3-6H,1-2H2,(H,17,18). The number of aromatic carboxylic acids is 1. The smallest absolute Gasteiger partial charge is 0.336 e. The molecule has 2 aromatic rings. The van der Waals surface area contributed by atoms with Gasteiger partial charge in [0.15, 0.2) is 0 Å². The van der Waals surface area contributed by atoms with Crippen LogP contribution in [-0.2, 0) is 0 Å². The Hall–Kier alpha value is -2.49. The predicted octanol–water partition coefficient (Wildman–Crippen LogP) is 1.77. The average molecular weight is 307 g/mol. The molecule has 0 bridgehead atoms. The molecule has 0 aliphatic heterocycles. The van der Waals surface area contributed by atoms with E-state index in [2.05, 4.69) is 15.5 Å². The summed E-state index contributed by atoms with van der Waals surface area (Å²) in [6.45, 7) is 0. The molecule has 1 N–H and O–H groups in total. The molecule has 1 aliphatic rings. The van der Waals surface area contributed by atoms with E-state index in [1.165, 1.54) is 12.1 Å². The van der Waals surface area contributed by atoms with Crippen molar-refractivity contribution in [3.05, 3.63) is 33.9 Å². The minimum Gasteiger partial charge on any atom is -0.478 e. The first-order valence-corrected chi connectivity index (χ1v) is 6.85. The molecule has 1 heterocycles. The van der Waals surface area contributed by atoms with Crippen LogP contribution in [0.15, 0.2) is 28.3 Å². The maximum Gasteiger partial charge on any atom is 0.336 e. The number of carboxylic acids is 1. The number of nitro groups is 1. The fraction of sp³-hybridized carbons (Fsp3) is 0.273. The number of tetrazole rings is 1. The Kier molecular flexibility index (Phi) is 3.29. The van der Waals surface area contributed by atoms with Crippen molar-refractivity contribution in [1.82, 2.24) is 20.2 Å². The number of nitro benzene ring substituents is 1. The third-order valence-electron chi connectivity index (χ3n) is 2.96. The third-order valence-corrected chi connectivity index (χ3v) is 3.97. The van der Waals surface area contributed by atoms with Crippen molar-refractivity contribution in [2.75, 3.05) is 0 Å². The second-order valence-electron chi connectivity index (χ2n) is 4.48. The molecule has 0 radical (unpaired) electrons. The van der Waals surface area contributed by atoms with E-state index in [1.807, 2.05) is 0 Å². The van der Waals surface area contributed by atoms with Crippen LogP contribution in [0.2, 0.25) is 0 Å². The van der Waals surface area contributed by atoms with Crippen LogP contribution in [-0.4, -0.2) is 36.2 Å². The monoisotopic (exact) mass is 307 g/mol. The minimum absolute atomic E-state index is 0.0176. The molecule has 1 aromatic heterocycles. The van der Waals surface area contributed by atoms with Crippen molar-refractivity contribution in [3.63, 3.8) is 0 Å². The van der Waals surface area contributed by atoms with Gasteiger partial charge in [0.2, 0.25) is 5.16 Å². The number of hydrogen-bond acceptors (Lipinski definition) is 7. The van der Waals surface area contributed by atoms with E-state index < -0.39 is 10.9 Å². The lowest BCUT2D eigenvalue weighted by molar-refractivity contribution is -0.385. The van der Waals surface area contributed by atoms with Crippen molar-refractivity contribution in [3.8, 4) is 0 Å². The van der Waals surface area contributed by atoms with Gasteiger partial charge in [-0.25, -0.2) is 9.48 Å². The Morgan fingerprint density at radius 3 is 2.86 bits per heavy atom. The normalized spacial score (nSPS) is 14.1. The van der Waals surface area contributed by atoms with E-state index >= 15 is 0 Å². The summed E-state index contributed by atoms with van der Waals surface area (Å²) in [5.74, 6) is -1.15. The summed E-state index contributed by atoms with van der Waals surface area (Å²) in [5, 5.41) is 31.7. The molecule has 1 fully saturated rings. The number of hydrogen-bond donors (Lipinski definition) is 1. The Morgan fingerprint density at radius 2 is 2.24 bits per heavy atom. The van der Waals surface area contributed by atoms with E-state index in [4.69, 9.17) is 0 Å². The zero-order chi connectivity index (χ0) is 15.0. The van der Waals surface area contributed by atoms with Crippen molar-refractivity contribution >= 4 is 23.4 Å². The molecule has 10 heteroatoms. The molecule has 108 valence electrons. The zero-order valence-electron chi connectivity index (χ0n) is 10.5. The topological polar surface area (TPSA) is 124 Å². The lowest BCUT2D eigenvalue weighted by Gasteiger charge is -2.05. The summed E-state index contributed by atoms with van der Waals surface area (Å²) in [5.41, 5.74) is -0.191. The molecule has 0 atom stereocenters. The lowest BCUT2D eigenvalue weighted by Crippen LogP contribution is -2.02. The SMILES string of the molecule is O=C(O)c1ccc([N+](=O)[O-])cc1Sc1nnnn1C1CC1. The van der Waals surface area contributed by atoms with Gasteiger partial charge in [0.05, 0.1) is 16.5 Å². The first kappa shape index (κ1) is 13.5. The van der Waals surface area contributed by atoms with Gasteiger partial charge < -0.3 is 5.11 Å². The van der Waals surface area contributed by atoms with Crippen LogP contribution in [0.1, 0.15) is 29.2 Å². The Morgan fingerprint density at radius 1 is 1.48 bits per heavy atom. The number of rotatable bonds is 5. The zero-order valence-corrected chi connectivity index (χ0v) is 11.4. The first-order chi connectivity index (χ1) is 10.1. The Balaban J connectivity index is 1.99. The fourth-order valence-corrected chi connectivity index (χ4v) is 2.78. The summed E-state index contributed by atoms with van der Waals surface area (Å²) in [4.78, 5) is 21.7. The van der Waals surface area contributed by atoms with E-state index in [0.29, 0.717) is 5.16 Å². The van der Waals surface area contributed by atoms with Crippen molar-refractivity contribution in [2.24, 2.45) is 0 Å². The van der Waals surface area contributed by atoms with E-state index in [0.717, 1.165) is 30.7 Å². The molecule has 0 saturated heterocycles. The number of carbonyl (C=O) groups is 1. The second kappa shape index (κ2) is 5.13. The van der Waals surface area contributed by atoms with Gasteiger partial charge in [0.25, 0.3) is 5.69 Å². The van der Waals surface area contributed by atoms with Crippen molar-refractivity contribution in [2.45, 2.75) is 28.9 Å². The number of nitrogens with zero attached hydrogens (tertiary/aromatic N) is 5. The predicted molar refractivity (Wildman–Crippen MR) is 70.3 cm³/mol. The molecule has 21 heavy (non-hydrogen) atoms. The molecule has 0 amide bonds. The summed E-state index contributed by atoms with van der Waals surface area (Å²) in [7, 11) is 0. The van der Waals surface area contributed by atoms with Gasteiger partial charge in [0, 0.05) is 17.0 Å². The maximum absolute atomic E-state index is 11.2. The third kappa shape index (κ3) is 2.70. The first-order valence-electron chi connectivity index (χ1n) is 6.03. The number of non-ortho nitro benzene ring substituents is 1. The molecule has 1 aliphatic carbocycles. The van der Waals surface area contributed by atoms with Gasteiger partial charge in [-0.1, -0.05) is 0 Å². The highest BCUT2D eigenvalue weighted by molar-refractivity contribution is 7.99. The minimum atomic E-state index is -1.15. The van der Waals surface area contributed by atoms with Crippen LogP contribution in [0.25, 0.3) is 0 Å². The highest BCUT2D eigenvalue weighted by atomic mass is 32.2. The van der Waals surface area contributed by atoms with Gasteiger partial charge in [-0.3, -0.25) is 10.1 Å². The fourth-order valence-electron chi connectivity index (χ4n) is 1.78. The number of benzene rings is 1.